The lowest BCUT2D eigenvalue weighted by atomic mass is 9.98. The van der Waals surface area contributed by atoms with Crippen LogP contribution in [0.5, 0.6) is 0 Å². The van der Waals surface area contributed by atoms with Crippen molar-refractivity contribution in [1.29, 1.82) is 0 Å². The summed E-state index contributed by atoms with van der Waals surface area (Å²) in [4.78, 5) is 23.1. The predicted octanol–water partition coefficient (Wildman–Crippen LogP) is 4.02. The van der Waals surface area contributed by atoms with Crippen LogP contribution < -0.4 is 5.32 Å². The van der Waals surface area contributed by atoms with Crippen molar-refractivity contribution >= 4 is 23.1 Å². The first kappa shape index (κ1) is 17.7. The molecule has 0 spiro atoms. The van der Waals surface area contributed by atoms with E-state index in [0.717, 1.165) is 22.3 Å². The first-order chi connectivity index (χ1) is 13.5. The Kier molecular flexibility index (Phi) is 4.52. The van der Waals surface area contributed by atoms with Gasteiger partial charge in [-0.05, 0) is 42.3 Å². The minimum absolute atomic E-state index is 0.188. The highest BCUT2D eigenvalue weighted by atomic mass is 19.1. The number of methoxy groups -OCH3 is 1. The van der Waals surface area contributed by atoms with E-state index in [2.05, 4.69) is 25.0 Å². The molecule has 142 valence electrons. The lowest BCUT2D eigenvalue weighted by Gasteiger charge is -2.19. The van der Waals surface area contributed by atoms with Gasteiger partial charge in [0.2, 0.25) is 5.95 Å². The molecule has 1 unspecified atom stereocenters. The van der Waals surface area contributed by atoms with Crippen molar-refractivity contribution in [2.45, 2.75) is 13.0 Å². The second kappa shape index (κ2) is 7.15. The lowest BCUT2D eigenvalue weighted by Crippen LogP contribution is -2.11. The van der Waals surface area contributed by atoms with Gasteiger partial charge >= 0.3 is 6.09 Å². The minimum Gasteiger partial charge on any atom is -0.453 e. The summed E-state index contributed by atoms with van der Waals surface area (Å²) in [5.41, 5.74) is 4.23. The van der Waals surface area contributed by atoms with Crippen LogP contribution in [0.2, 0.25) is 0 Å². The molecule has 2 aromatic carbocycles. The van der Waals surface area contributed by atoms with E-state index in [1.807, 2.05) is 35.9 Å². The second-order valence-corrected chi connectivity index (χ2v) is 6.39. The Hall–Kier alpha value is -3.68. The molecule has 7 nitrogen and oxygen atoms in total. The van der Waals surface area contributed by atoms with Crippen molar-refractivity contribution in [3.63, 3.8) is 0 Å². The van der Waals surface area contributed by atoms with E-state index >= 15 is 0 Å². The Bertz CT molecular complexity index is 1130. The quantitative estimate of drug-likeness (QED) is 0.561. The standard InChI is InChI=1S/C20H18FN5O2/c1-12-10-26(11-22-12)18(13-3-6-15(21)7-4-13)14-5-8-16-17(9-14)24-19(23-16)25-20(27)28-2/h3-11,18H,1-2H3,(H2,23,24,25,27). The molecule has 28 heavy (non-hydrogen) atoms. The molecule has 1 amide bonds. The number of H-pyrrole nitrogens is 1. The van der Waals surface area contributed by atoms with Crippen molar-refractivity contribution in [3.8, 4) is 0 Å². The van der Waals surface area contributed by atoms with Crippen molar-refractivity contribution in [1.82, 2.24) is 19.5 Å². The van der Waals surface area contributed by atoms with E-state index in [0.29, 0.717) is 11.5 Å². The molecule has 0 aliphatic rings. The van der Waals surface area contributed by atoms with Gasteiger partial charge in [-0.1, -0.05) is 18.2 Å². The number of imidazole rings is 2. The number of hydrogen-bond acceptors (Lipinski definition) is 4. The number of aromatic amines is 1. The van der Waals surface area contributed by atoms with Gasteiger partial charge in [-0.15, -0.1) is 0 Å². The van der Waals surface area contributed by atoms with Gasteiger partial charge in [-0.2, -0.15) is 0 Å². The number of carbonyl (C=O) groups excluding carboxylic acids is 1. The van der Waals surface area contributed by atoms with Gasteiger partial charge in [-0.25, -0.2) is 19.2 Å². The third-order valence-electron chi connectivity index (χ3n) is 4.44. The SMILES string of the molecule is COC(=O)Nc1nc2ccc(C(c3ccc(F)cc3)n3cnc(C)c3)cc2[nH]1. The molecular formula is C20H18FN5O2. The molecule has 2 aromatic heterocycles. The number of nitrogens with zero attached hydrogens (tertiary/aromatic N) is 3. The Morgan fingerprint density at radius 1 is 1.21 bits per heavy atom. The predicted molar refractivity (Wildman–Crippen MR) is 103 cm³/mol. The first-order valence-electron chi connectivity index (χ1n) is 8.63. The highest BCUT2D eigenvalue weighted by Crippen LogP contribution is 2.29. The molecule has 0 aliphatic carbocycles. The summed E-state index contributed by atoms with van der Waals surface area (Å²) in [6, 6.07) is 12.0. The maximum Gasteiger partial charge on any atom is 0.413 e. The molecule has 2 heterocycles. The Labute approximate surface area is 160 Å². The van der Waals surface area contributed by atoms with Gasteiger partial charge in [0.05, 0.1) is 36.2 Å². The number of fused-ring (bicyclic) bond motifs is 1. The molecule has 8 heteroatoms. The fourth-order valence-electron chi connectivity index (χ4n) is 3.17. The third kappa shape index (κ3) is 3.44. The maximum absolute atomic E-state index is 13.4. The van der Waals surface area contributed by atoms with Crippen LogP contribution in [0.1, 0.15) is 22.9 Å². The van der Waals surface area contributed by atoms with Gasteiger partial charge < -0.3 is 14.3 Å². The van der Waals surface area contributed by atoms with Crippen molar-refractivity contribution in [2.75, 3.05) is 12.4 Å². The van der Waals surface area contributed by atoms with E-state index in [4.69, 9.17) is 0 Å². The molecule has 4 aromatic rings. The first-order valence-corrected chi connectivity index (χ1v) is 8.63. The highest BCUT2D eigenvalue weighted by molar-refractivity contribution is 5.86. The number of rotatable bonds is 4. The summed E-state index contributed by atoms with van der Waals surface area (Å²) >= 11 is 0. The average molecular weight is 379 g/mol. The van der Waals surface area contributed by atoms with Gasteiger partial charge in [0, 0.05) is 6.20 Å². The van der Waals surface area contributed by atoms with E-state index in [-0.39, 0.29) is 11.9 Å². The van der Waals surface area contributed by atoms with Crippen molar-refractivity contribution in [3.05, 3.63) is 77.6 Å². The maximum atomic E-state index is 13.4. The number of ether oxygens (including phenoxy) is 1. The zero-order valence-electron chi connectivity index (χ0n) is 15.3. The smallest absolute Gasteiger partial charge is 0.413 e. The number of amides is 1. The van der Waals surface area contributed by atoms with Crippen molar-refractivity contribution in [2.24, 2.45) is 0 Å². The van der Waals surface area contributed by atoms with Gasteiger partial charge in [-0.3, -0.25) is 5.32 Å². The number of benzene rings is 2. The Morgan fingerprint density at radius 3 is 2.64 bits per heavy atom. The van der Waals surface area contributed by atoms with Crippen LogP contribution in [-0.2, 0) is 4.74 Å². The van der Waals surface area contributed by atoms with Crippen LogP contribution >= 0.6 is 0 Å². The summed E-state index contributed by atoms with van der Waals surface area (Å²) < 4.78 is 20.0. The molecule has 0 fully saturated rings. The van der Waals surface area contributed by atoms with E-state index in [9.17, 15) is 9.18 Å². The number of carbonyl (C=O) groups is 1. The minimum atomic E-state index is -0.600. The summed E-state index contributed by atoms with van der Waals surface area (Å²) in [7, 11) is 1.29. The summed E-state index contributed by atoms with van der Waals surface area (Å²) in [5, 5.41) is 2.52. The van der Waals surface area contributed by atoms with Crippen LogP contribution in [0.25, 0.3) is 11.0 Å². The van der Waals surface area contributed by atoms with Crippen LogP contribution in [-0.4, -0.2) is 32.7 Å². The number of anilines is 1. The molecule has 0 radical (unpaired) electrons. The zero-order chi connectivity index (χ0) is 19.7. The molecule has 0 bridgehead atoms. The number of halogens is 1. The third-order valence-corrected chi connectivity index (χ3v) is 4.44. The van der Waals surface area contributed by atoms with E-state index < -0.39 is 6.09 Å². The topological polar surface area (TPSA) is 84.8 Å². The number of aryl methyl sites for hydroxylation is 1. The lowest BCUT2D eigenvalue weighted by molar-refractivity contribution is 0.186. The van der Waals surface area contributed by atoms with E-state index in [1.54, 1.807) is 18.5 Å². The second-order valence-electron chi connectivity index (χ2n) is 6.39. The average Bonchev–Trinajstić information content (AvgIpc) is 3.28. The van der Waals surface area contributed by atoms with Crippen LogP contribution in [0.3, 0.4) is 0 Å². The molecule has 4 rings (SSSR count). The molecule has 2 N–H and O–H groups in total. The zero-order valence-corrected chi connectivity index (χ0v) is 15.3. The molecule has 1 atom stereocenters. The van der Waals surface area contributed by atoms with Crippen LogP contribution in [0.15, 0.2) is 55.0 Å². The van der Waals surface area contributed by atoms with Gasteiger partial charge in [0.1, 0.15) is 5.82 Å². The van der Waals surface area contributed by atoms with Gasteiger partial charge in [0.15, 0.2) is 0 Å². The summed E-state index contributed by atoms with van der Waals surface area (Å²) in [6.45, 7) is 1.92. The Morgan fingerprint density at radius 2 is 1.96 bits per heavy atom. The summed E-state index contributed by atoms with van der Waals surface area (Å²) in [5.74, 6) is 0.0164. The normalized spacial score (nSPS) is 12.1. The van der Waals surface area contributed by atoms with Crippen LogP contribution in [0.4, 0.5) is 15.1 Å². The molecule has 0 aliphatic heterocycles. The largest absolute Gasteiger partial charge is 0.453 e. The van der Waals surface area contributed by atoms with Gasteiger partial charge in [0.25, 0.3) is 0 Å². The molecular weight excluding hydrogens is 361 g/mol. The molecule has 0 saturated carbocycles. The number of nitrogens with one attached hydrogen (secondary N) is 2. The fourth-order valence-corrected chi connectivity index (χ4v) is 3.17. The van der Waals surface area contributed by atoms with Crippen molar-refractivity contribution < 1.29 is 13.9 Å². The number of hydrogen-bond donors (Lipinski definition) is 2. The fraction of sp³-hybridized carbons (Fsp3) is 0.150. The highest BCUT2D eigenvalue weighted by Gasteiger charge is 2.18. The van der Waals surface area contributed by atoms with E-state index in [1.165, 1.54) is 19.2 Å². The number of aromatic nitrogens is 4. The monoisotopic (exact) mass is 379 g/mol. The molecule has 0 saturated heterocycles. The Balaban J connectivity index is 1.78. The summed E-state index contributed by atoms with van der Waals surface area (Å²) in [6.07, 6.45) is 3.09. The van der Waals surface area contributed by atoms with Crippen LogP contribution in [0, 0.1) is 12.7 Å².